The summed E-state index contributed by atoms with van der Waals surface area (Å²) in [5.74, 6) is 0.635. The van der Waals surface area contributed by atoms with E-state index in [1.54, 1.807) is 7.11 Å². The van der Waals surface area contributed by atoms with E-state index >= 15 is 0 Å². The smallest absolute Gasteiger partial charge is 0.229 e. The van der Waals surface area contributed by atoms with Gasteiger partial charge in [-0.3, -0.25) is 9.89 Å². The molecule has 0 saturated heterocycles. The number of rotatable bonds is 4. The highest BCUT2D eigenvalue weighted by Gasteiger charge is 2.12. The number of aryl methyl sites for hydroxylation is 2. The second-order valence-corrected chi connectivity index (χ2v) is 4.35. The Bertz CT molecular complexity index is 571. The normalized spacial score (nSPS) is 10.3. The van der Waals surface area contributed by atoms with Crippen LogP contribution in [0.25, 0.3) is 0 Å². The number of methoxy groups -OCH3 is 1. The predicted molar refractivity (Wildman–Crippen MR) is 73.4 cm³/mol. The molecule has 0 aliphatic rings. The summed E-state index contributed by atoms with van der Waals surface area (Å²) in [6.45, 7) is 3.72. The first-order chi connectivity index (χ1) is 9.11. The number of carbonyl (C=O) groups excluding carboxylic acids is 1. The van der Waals surface area contributed by atoms with E-state index in [0.29, 0.717) is 0 Å². The Balaban J connectivity index is 2.10. The molecule has 0 unspecified atom stereocenters. The number of carbonyl (C=O) groups is 1. The van der Waals surface area contributed by atoms with Crippen molar-refractivity contribution in [1.29, 1.82) is 0 Å². The zero-order valence-electron chi connectivity index (χ0n) is 11.3. The highest BCUT2D eigenvalue weighted by atomic mass is 16.5. The van der Waals surface area contributed by atoms with E-state index in [1.165, 1.54) is 0 Å². The molecule has 0 aliphatic heterocycles. The van der Waals surface area contributed by atoms with Gasteiger partial charge in [-0.1, -0.05) is 18.2 Å². The maximum absolute atomic E-state index is 12.0. The van der Waals surface area contributed by atoms with Crippen molar-refractivity contribution < 1.29 is 9.53 Å². The van der Waals surface area contributed by atoms with Gasteiger partial charge in [-0.25, -0.2) is 0 Å². The summed E-state index contributed by atoms with van der Waals surface area (Å²) in [6.07, 6.45) is 0.272. The summed E-state index contributed by atoms with van der Waals surface area (Å²) in [5.41, 5.74) is 3.25. The Morgan fingerprint density at radius 3 is 2.74 bits per heavy atom. The van der Waals surface area contributed by atoms with Crippen LogP contribution >= 0.6 is 0 Å². The zero-order valence-corrected chi connectivity index (χ0v) is 11.3. The van der Waals surface area contributed by atoms with Crippen LogP contribution in [0.3, 0.4) is 0 Å². The van der Waals surface area contributed by atoms with Crippen molar-refractivity contribution in [2.75, 3.05) is 12.4 Å². The van der Waals surface area contributed by atoms with E-state index < -0.39 is 0 Å². The van der Waals surface area contributed by atoms with E-state index in [2.05, 4.69) is 15.5 Å². The van der Waals surface area contributed by atoms with E-state index in [-0.39, 0.29) is 12.3 Å². The molecule has 0 atom stereocenters. The Labute approximate surface area is 112 Å². The number of ether oxygens (including phenoxy) is 1. The largest absolute Gasteiger partial charge is 0.496 e. The van der Waals surface area contributed by atoms with Crippen LogP contribution in [0.1, 0.15) is 17.0 Å². The first-order valence-electron chi connectivity index (χ1n) is 6.05. The fourth-order valence-corrected chi connectivity index (χ4v) is 1.94. The lowest BCUT2D eigenvalue weighted by atomic mass is 10.1. The predicted octanol–water partition coefficient (Wildman–Crippen LogP) is 2.22. The number of nitrogens with one attached hydrogen (secondary N) is 2. The van der Waals surface area contributed by atoms with Gasteiger partial charge in [-0.15, -0.1) is 0 Å². The van der Waals surface area contributed by atoms with Gasteiger partial charge in [0.2, 0.25) is 5.91 Å². The number of benzene rings is 1. The molecule has 1 aromatic carbocycles. The highest BCUT2D eigenvalue weighted by molar-refractivity contribution is 5.93. The number of hydrogen-bond donors (Lipinski definition) is 2. The molecule has 0 radical (unpaired) electrons. The summed E-state index contributed by atoms with van der Waals surface area (Å²) < 4.78 is 5.23. The molecule has 1 amide bonds. The first-order valence-corrected chi connectivity index (χ1v) is 6.05. The van der Waals surface area contributed by atoms with Gasteiger partial charge in [0.15, 0.2) is 0 Å². The van der Waals surface area contributed by atoms with E-state index in [1.807, 2.05) is 38.1 Å². The van der Waals surface area contributed by atoms with E-state index in [0.717, 1.165) is 28.4 Å². The van der Waals surface area contributed by atoms with Crippen molar-refractivity contribution in [1.82, 2.24) is 10.2 Å². The third-order valence-corrected chi connectivity index (χ3v) is 2.94. The standard InChI is InChI=1S/C14H17N3O2/c1-9-14(10(2)17-16-9)15-13(18)8-11-6-4-5-7-12(11)19-3/h4-7H,8H2,1-3H3,(H,15,18)(H,16,17). The molecule has 0 spiro atoms. The number of amides is 1. The molecule has 2 rings (SSSR count). The number of H-pyrrole nitrogens is 1. The Hall–Kier alpha value is -2.30. The van der Waals surface area contributed by atoms with Gasteiger partial charge in [-0.05, 0) is 19.9 Å². The van der Waals surface area contributed by atoms with E-state index in [4.69, 9.17) is 4.74 Å². The summed E-state index contributed by atoms with van der Waals surface area (Å²) in [4.78, 5) is 12.0. The van der Waals surface area contributed by atoms with Crippen LogP contribution in [0.4, 0.5) is 5.69 Å². The monoisotopic (exact) mass is 259 g/mol. The van der Waals surface area contributed by atoms with Gasteiger partial charge in [0.1, 0.15) is 5.75 Å². The van der Waals surface area contributed by atoms with Crippen molar-refractivity contribution in [2.45, 2.75) is 20.3 Å². The Morgan fingerprint density at radius 1 is 1.37 bits per heavy atom. The van der Waals surface area contributed by atoms with Gasteiger partial charge >= 0.3 is 0 Å². The molecule has 100 valence electrons. The molecule has 0 bridgehead atoms. The zero-order chi connectivity index (χ0) is 13.8. The van der Waals surface area contributed by atoms with Gasteiger partial charge in [-0.2, -0.15) is 5.10 Å². The number of anilines is 1. The minimum Gasteiger partial charge on any atom is -0.496 e. The molecule has 19 heavy (non-hydrogen) atoms. The van der Waals surface area contributed by atoms with Gasteiger partial charge in [0.05, 0.1) is 30.6 Å². The molecule has 2 aromatic rings. The third-order valence-electron chi connectivity index (χ3n) is 2.94. The minimum atomic E-state index is -0.0860. The number of para-hydroxylation sites is 1. The van der Waals surface area contributed by atoms with Crippen LogP contribution in [0.2, 0.25) is 0 Å². The maximum Gasteiger partial charge on any atom is 0.229 e. The van der Waals surface area contributed by atoms with Crippen molar-refractivity contribution in [3.05, 3.63) is 41.2 Å². The lowest BCUT2D eigenvalue weighted by molar-refractivity contribution is -0.115. The quantitative estimate of drug-likeness (QED) is 0.884. The Kier molecular flexibility index (Phi) is 3.85. The molecular weight excluding hydrogens is 242 g/mol. The molecule has 1 aromatic heterocycles. The Morgan fingerprint density at radius 2 is 2.11 bits per heavy atom. The molecular formula is C14H17N3O2. The SMILES string of the molecule is COc1ccccc1CC(=O)Nc1c(C)n[nH]c1C. The average Bonchev–Trinajstić information content (AvgIpc) is 2.71. The third kappa shape index (κ3) is 2.93. The molecule has 0 fully saturated rings. The highest BCUT2D eigenvalue weighted by Crippen LogP contribution is 2.20. The van der Waals surface area contributed by atoms with Gasteiger partial charge < -0.3 is 10.1 Å². The van der Waals surface area contributed by atoms with Crippen LogP contribution in [0.15, 0.2) is 24.3 Å². The van der Waals surface area contributed by atoms with Crippen LogP contribution < -0.4 is 10.1 Å². The lowest BCUT2D eigenvalue weighted by Crippen LogP contribution is -2.15. The molecule has 1 heterocycles. The average molecular weight is 259 g/mol. The van der Waals surface area contributed by atoms with Gasteiger partial charge in [0.25, 0.3) is 0 Å². The minimum absolute atomic E-state index is 0.0860. The molecule has 0 saturated carbocycles. The van der Waals surface area contributed by atoms with Crippen LogP contribution in [-0.4, -0.2) is 23.2 Å². The van der Waals surface area contributed by atoms with E-state index in [9.17, 15) is 4.79 Å². The second-order valence-electron chi connectivity index (χ2n) is 4.35. The van der Waals surface area contributed by atoms with Crippen LogP contribution in [-0.2, 0) is 11.2 Å². The van der Waals surface area contributed by atoms with Crippen molar-refractivity contribution in [3.8, 4) is 5.75 Å². The van der Waals surface area contributed by atoms with Crippen LogP contribution in [0.5, 0.6) is 5.75 Å². The number of aromatic nitrogens is 2. The molecule has 0 aliphatic carbocycles. The number of hydrogen-bond acceptors (Lipinski definition) is 3. The van der Waals surface area contributed by atoms with Crippen molar-refractivity contribution in [2.24, 2.45) is 0 Å². The summed E-state index contributed by atoms with van der Waals surface area (Å²) in [6, 6.07) is 7.49. The van der Waals surface area contributed by atoms with Crippen molar-refractivity contribution in [3.63, 3.8) is 0 Å². The molecule has 5 heteroatoms. The summed E-state index contributed by atoms with van der Waals surface area (Å²) in [5, 5.41) is 9.75. The number of aromatic amines is 1. The summed E-state index contributed by atoms with van der Waals surface area (Å²) in [7, 11) is 1.60. The fraction of sp³-hybridized carbons (Fsp3) is 0.286. The summed E-state index contributed by atoms with van der Waals surface area (Å²) >= 11 is 0. The molecule has 2 N–H and O–H groups in total. The second kappa shape index (κ2) is 5.56. The molecule has 5 nitrogen and oxygen atoms in total. The fourth-order valence-electron chi connectivity index (χ4n) is 1.94. The topological polar surface area (TPSA) is 67.0 Å². The van der Waals surface area contributed by atoms with Crippen molar-refractivity contribution >= 4 is 11.6 Å². The lowest BCUT2D eigenvalue weighted by Gasteiger charge is -2.09. The number of nitrogens with zero attached hydrogens (tertiary/aromatic N) is 1. The first kappa shape index (κ1) is 13.1. The van der Waals surface area contributed by atoms with Gasteiger partial charge in [0, 0.05) is 5.56 Å². The maximum atomic E-state index is 12.0. The van der Waals surface area contributed by atoms with Crippen LogP contribution in [0, 0.1) is 13.8 Å².